The fourth-order valence-electron chi connectivity index (χ4n) is 5.23. The first-order valence-electron chi connectivity index (χ1n) is 16.5. The second kappa shape index (κ2) is 15.9. The van der Waals surface area contributed by atoms with Gasteiger partial charge in [-0.3, -0.25) is 29.8 Å². The summed E-state index contributed by atoms with van der Waals surface area (Å²) < 4.78 is 11.1. The van der Waals surface area contributed by atoms with Crippen LogP contribution in [-0.2, 0) is 9.59 Å². The Morgan fingerprint density at radius 2 is 1.04 bits per heavy atom. The van der Waals surface area contributed by atoms with E-state index in [-0.39, 0.29) is 24.6 Å². The van der Waals surface area contributed by atoms with Crippen LogP contribution in [0.15, 0.2) is 97.3 Å². The van der Waals surface area contributed by atoms with Crippen molar-refractivity contribution < 1.29 is 39.1 Å². The lowest BCUT2D eigenvalue weighted by molar-refractivity contribution is -0.385. The molecule has 0 fully saturated rings. The second-order valence-electron chi connectivity index (χ2n) is 13.0. The molecule has 0 aliphatic heterocycles. The number of hydrogen-bond donors (Lipinski definition) is 6. The van der Waals surface area contributed by atoms with Crippen molar-refractivity contribution in [1.82, 2.24) is 9.97 Å². The average Bonchev–Trinajstić information content (AvgIpc) is 3.79. The zero-order chi connectivity index (χ0) is 39.2. The first-order valence-corrected chi connectivity index (χ1v) is 16.5. The van der Waals surface area contributed by atoms with E-state index in [2.05, 4.69) is 20.6 Å². The Balaban J connectivity index is 0.000000208. The fourth-order valence-corrected chi connectivity index (χ4v) is 5.23. The molecule has 0 aliphatic carbocycles. The quantitative estimate of drug-likeness (QED) is 0.0605. The summed E-state index contributed by atoms with van der Waals surface area (Å²) in [6.07, 6.45) is 3.62. The van der Waals surface area contributed by atoms with E-state index in [1.807, 2.05) is 36.7 Å². The van der Waals surface area contributed by atoms with E-state index in [0.717, 1.165) is 21.8 Å². The number of aromatic nitrogens is 2. The number of amides is 2. The molecule has 0 spiro atoms. The van der Waals surface area contributed by atoms with Crippen LogP contribution in [0.2, 0.25) is 0 Å². The average molecular weight is 739 g/mol. The predicted molar refractivity (Wildman–Crippen MR) is 202 cm³/mol. The van der Waals surface area contributed by atoms with Crippen molar-refractivity contribution in [2.75, 3.05) is 23.8 Å². The van der Waals surface area contributed by atoms with Crippen molar-refractivity contribution in [3.63, 3.8) is 0 Å². The number of aryl methyl sites for hydroxylation is 2. The second-order valence-corrected chi connectivity index (χ2v) is 13.0. The third-order valence-corrected chi connectivity index (χ3v) is 8.37. The topological polar surface area (TPSA) is 235 Å². The van der Waals surface area contributed by atoms with Crippen molar-refractivity contribution in [3.8, 4) is 11.5 Å². The lowest BCUT2D eigenvalue weighted by Gasteiger charge is -2.22. The molecule has 6 N–H and O–H groups in total. The zero-order valence-corrected chi connectivity index (χ0v) is 29.7. The Bertz CT molecular complexity index is 2180. The molecular weight excluding hydrogens is 700 g/mol. The minimum atomic E-state index is -1.79. The number of H-pyrrole nitrogens is 2. The molecule has 2 amide bonds. The number of anilines is 2. The van der Waals surface area contributed by atoms with Crippen molar-refractivity contribution in [2.24, 2.45) is 0 Å². The van der Waals surface area contributed by atoms with Crippen LogP contribution in [0.5, 0.6) is 11.5 Å². The molecule has 2 unspecified atom stereocenters. The summed E-state index contributed by atoms with van der Waals surface area (Å²) in [6, 6.07) is 23.0. The first-order chi connectivity index (χ1) is 25.5. The molecule has 0 aliphatic rings. The van der Waals surface area contributed by atoms with Crippen molar-refractivity contribution in [1.29, 1.82) is 0 Å². The summed E-state index contributed by atoms with van der Waals surface area (Å²) in [5.41, 5.74) is -0.200. The Kier molecular flexibility index (Phi) is 11.3. The summed E-state index contributed by atoms with van der Waals surface area (Å²) >= 11 is 0. The van der Waals surface area contributed by atoms with E-state index in [9.17, 15) is 40.0 Å². The Morgan fingerprint density at radius 1 is 0.648 bits per heavy atom. The van der Waals surface area contributed by atoms with E-state index in [1.165, 1.54) is 50.2 Å². The maximum atomic E-state index is 12.4. The van der Waals surface area contributed by atoms with Gasteiger partial charge in [-0.25, -0.2) is 0 Å². The van der Waals surface area contributed by atoms with Crippen LogP contribution < -0.4 is 20.1 Å². The van der Waals surface area contributed by atoms with Gasteiger partial charge in [0.2, 0.25) is 0 Å². The highest BCUT2D eigenvalue weighted by Gasteiger charge is 2.33. The minimum absolute atomic E-state index is 0.0387. The summed E-state index contributed by atoms with van der Waals surface area (Å²) in [5.74, 6) is -0.278. The molecule has 280 valence electrons. The number of nitrogens with zero attached hydrogens (tertiary/aromatic N) is 2. The number of nitrogens with one attached hydrogen (secondary N) is 4. The number of benzene rings is 4. The maximum absolute atomic E-state index is 12.4. The van der Waals surface area contributed by atoms with E-state index in [0.29, 0.717) is 34.0 Å². The van der Waals surface area contributed by atoms with Crippen molar-refractivity contribution in [3.05, 3.63) is 129 Å². The van der Waals surface area contributed by atoms with Crippen molar-refractivity contribution in [2.45, 2.75) is 38.9 Å². The minimum Gasteiger partial charge on any atom is -0.490 e. The molecular formula is C38H38N6O10. The summed E-state index contributed by atoms with van der Waals surface area (Å²) in [5, 5.41) is 49.6. The van der Waals surface area contributed by atoms with Crippen LogP contribution in [-0.4, -0.2) is 66.3 Å². The van der Waals surface area contributed by atoms with Crippen LogP contribution in [0.4, 0.5) is 22.7 Å². The number of carbonyl (C=O) groups excluding carboxylic acids is 2. The third-order valence-electron chi connectivity index (χ3n) is 8.37. The number of nitro benzene ring substituents is 2. The number of aromatic amines is 2. The van der Waals surface area contributed by atoms with Gasteiger partial charge in [-0.05, 0) is 100 Å². The molecule has 0 saturated heterocycles. The molecule has 4 aromatic carbocycles. The van der Waals surface area contributed by atoms with Gasteiger partial charge in [0.05, 0.1) is 9.85 Å². The molecule has 2 heterocycles. The molecule has 0 saturated carbocycles. The zero-order valence-electron chi connectivity index (χ0n) is 29.7. The van der Waals surface area contributed by atoms with Crippen LogP contribution in [0.1, 0.15) is 25.0 Å². The van der Waals surface area contributed by atoms with Crippen LogP contribution >= 0.6 is 0 Å². The number of carbonyl (C=O) groups is 2. The fraction of sp³-hybridized carbons (Fsp3) is 0.211. The van der Waals surface area contributed by atoms with Gasteiger partial charge in [0.1, 0.15) is 24.7 Å². The molecule has 0 radical (unpaired) electrons. The SMILES string of the molecule is Cc1cc(NC(=O)C(C)(O)COc2ccc3[nH]ccc3c2)ccc1[N+](=O)[O-].Cc1cc(NC(=O)C(C)(O)COc2ccc3[nH]ccc3c2)ccc1[N+](=O)[O-]. The van der Waals surface area contributed by atoms with Gasteiger partial charge in [0, 0.05) is 68.8 Å². The smallest absolute Gasteiger partial charge is 0.272 e. The van der Waals surface area contributed by atoms with Gasteiger partial charge < -0.3 is 40.3 Å². The first kappa shape index (κ1) is 38.5. The van der Waals surface area contributed by atoms with E-state index >= 15 is 0 Å². The molecule has 0 bridgehead atoms. The largest absolute Gasteiger partial charge is 0.490 e. The highest BCUT2D eigenvalue weighted by molar-refractivity contribution is 5.98. The molecule has 16 heteroatoms. The highest BCUT2D eigenvalue weighted by atomic mass is 16.6. The Labute approximate surface area is 308 Å². The van der Waals surface area contributed by atoms with Gasteiger partial charge >= 0.3 is 0 Å². The monoisotopic (exact) mass is 738 g/mol. The van der Waals surface area contributed by atoms with Gasteiger partial charge in [0.15, 0.2) is 11.2 Å². The number of fused-ring (bicyclic) bond motifs is 2. The molecule has 6 aromatic rings. The molecule has 2 atom stereocenters. The summed E-state index contributed by atoms with van der Waals surface area (Å²) in [4.78, 5) is 51.6. The van der Waals surface area contributed by atoms with Crippen LogP contribution in [0, 0.1) is 34.1 Å². The molecule has 6 rings (SSSR count). The van der Waals surface area contributed by atoms with Gasteiger partial charge in [-0.15, -0.1) is 0 Å². The van der Waals surface area contributed by atoms with Crippen molar-refractivity contribution >= 4 is 56.4 Å². The third kappa shape index (κ3) is 9.36. The predicted octanol–water partition coefficient (Wildman–Crippen LogP) is 6.31. The lowest BCUT2D eigenvalue weighted by atomic mass is 10.1. The maximum Gasteiger partial charge on any atom is 0.272 e. The number of hydrogen-bond acceptors (Lipinski definition) is 10. The van der Waals surface area contributed by atoms with E-state index in [1.54, 1.807) is 38.1 Å². The number of ether oxygens (including phenoxy) is 2. The number of rotatable bonds is 12. The van der Waals surface area contributed by atoms with Gasteiger partial charge in [-0.2, -0.15) is 0 Å². The number of nitro groups is 2. The summed E-state index contributed by atoms with van der Waals surface area (Å²) in [7, 11) is 0. The standard InChI is InChI=1S/2C19H19N3O5/c2*1-12-9-14(3-6-17(12)22(25)26)21-18(23)19(2,24)11-27-15-4-5-16-13(10-15)7-8-20-16/h2*3-10,20,24H,11H2,1-2H3,(H,21,23). The Hall–Kier alpha value is -6.78. The summed E-state index contributed by atoms with van der Waals surface area (Å²) in [6.45, 7) is 5.34. The molecule has 2 aromatic heterocycles. The lowest BCUT2D eigenvalue weighted by Crippen LogP contribution is -2.45. The normalized spacial score (nSPS) is 13.1. The van der Waals surface area contributed by atoms with Gasteiger partial charge in [-0.1, -0.05) is 0 Å². The molecule has 54 heavy (non-hydrogen) atoms. The Morgan fingerprint density at radius 3 is 1.39 bits per heavy atom. The highest BCUT2D eigenvalue weighted by Crippen LogP contribution is 2.26. The van der Waals surface area contributed by atoms with Crippen LogP contribution in [0.3, 0.4) is 0 Å². The van der Waals surface area contributed by atoms with Gasteiger partial charge in [0.25, 0.3) is 23.2 Å². The molecule has 16 nitrogen and oxygen atoms in total. The van der Waals surface area contributed by atoms with Crippen LogP contribution in [0.25, 0.3) is 21.8 Å². The number of aliphatic hydroxyl groups is 2. The van der Waals surface area contributed by atoms with E-state index < -0.39 is 32.9 Å². The van der Waals surface area contributed by atoms with E-state index in [4.69, 9.17) is 9.47 Å².